The summed E-state index contributed by atoms with van der Waals surface area (Å²) in [5, 5.41) is 12.9. The average Bonchev–Trinajstić information content (AvgIpc) is 3.12. The van der Waals surface area contributed by atoms with E-state index in [-0.39, 0.29) is 12.4 Å². The van der Waals surface area contributed by atoms with Gasteiger partial charge in [-0.15, -0.1) is 0 Å². The van der Waals surface area contributed by atoms with Crippen LogP contribution < -0.4 is 15.0 Å². The Bertz CT molecular complexity index is 964. The maximum Gasteiger partial charge on any atom is 0.274 e. The Balaban J connectivity index is 1.94. The first-order valence-corrected chi connectivity index (χ1v) is 6.17. The number of ether oxygens (including phenoxy) is 2. The van der Waals surface area contributed by atoms with Gasteiger partial charge in [-0.3, -0.25) is 4.79 Å². The molecule has 0 atom stereocenters. The molecule has 3 heterocycles. The van der Waals surface area contributed by atoms with Gasteiger partial charge in [-0.2, -0.15) is 14.9 Å². The number of fused-ring (bicyclic) bond motifs is 2. The summed E-state index contributed by atoms with van der Waals surface area (Å²) in [5.74, 6) is 1.30. The number of hydrogen-bond donors (Lipinski definition) is 1. The number of aromatic nitrogens is 3. The minimum absolute atomic E-state index is 0.190. The predicted octanol–water partition coefficient (Wildman–Crippen LogP) is 1.29. The molecule has 4 rings (SSSR count). The summed E-state index contributed by atoms with van der Waals surface area (Å²) in [6, 6.07) is 8.81. The van der Waals surface area contributed by atoms with Gasteiger partial charge in [0, 0.05) is 11.6 Å². The molecule has 7 heteroatoms. The van der Waals surface area contributed by atoms with E-state index in [1.165, 1.54) is 12.3 Å². The first-order chi connectivity index (χ1) is 10.3. The molecular formula is C14H8N4O3. The molecule has 0 unspecified atom stereocenters. The molecule has 0 bridgehead atoms. The predicted molar refractivity (Wildman–Crippen MR) is 72.1 cm³/mol. The second kappa shape index (κ2) is 4.11. The lowest BCUT2D eigenvalue weighted by Crippen LogP contribution is -2.14. The van der Waals surface area contributed by atoms with E-state index < -0.39 is 0 Å². The van der Waals surface area contributed by atoms with E-state index in [0.29, 0.717) is 28.4 Å². The number of nitrogens with zero attached hydrogens (tertiary/aromatic N) is 3. The van der Waals surface area contributed by atoms with Gasteiger partial charge in [0.25, 0.3) is 5.56 Å². The molecule has 0 aliphatic carbocycles. The molecule has 1 aliphatic heterocycles. The summed E-state index contributed by atoms with van der Waals surface area (Å²) in [7, 11) is 0. The molecular weight excluding hydrogens is 272 g/mol. The number of benzene rings is 1. The second-order valence-corrected chi connectivity index (χ2v) is 4.52. The van der Waals surface area contributed by atoms with E-state index in [1.807, 2.05) is 12.1 Å². The van der Waals surface area contributed by atoms with Crippen molar-refractivity contribution < 1.29 is 9.47 Å². The van der Waals surface area contributed by atoms with Crippen molar-refractivity contribution in [3.63, 3.8) is 0 Å². The van der Waals surface area contributed by atoms with Crippen molar-refractivity contribution in [3.8, 4) is 28.8 Å². The van der Waals surface area contributed by atoms with Crippen LogP contribution >= 0.6 is 0 Å². The molecule has 3 aromatic rings. The van der Waals surface area contributed by atoms with Gasteiger partial charge in [-0.25, -0.2) is 0 Å². The number of aromatic amines is 1. The van der Waals surface area contributed by atoms with Crippen molar-refractivity contribution in [2.24, 2.45) is 0 Å². The third kappa shape index (κ3) is 1.66. The Morgan fingerprint density at radius 3 is 3.00 bits per heavy atom. The topological polar surface area (TPSA) is 92.4 Å². The molecule has 1 N–H and O–H groups in total. The highest BCUT2D eigenvalue weighted by atomic mass is 16.7. The van der Waals surface area contributed by atoms with Gasteiger partial charge in [0.15, 0.2) is 17.1 Å². The van der Waals surface area contributed by atoms with E-state index >= 15 is 0 Å². The maximum absolute atomic E-state index is 12.1. The van der Waals surface area contributed by atoms with Crippen molar-refractivity contribution in [1.29, 1.82) is 5.26 Å². The van der Waals surface area contributed by atoms with Crippen LogP contribution in [0, 0.1) is 11.3 Å². The highest BCUT2D eigenvalue weighted by Gasteiger charge is 2.15. The first kappa shape index (κ1) is 11.5. The minimum atomic E-state index is -0.307. The van der Waals surface area contributed by atoms with Crippen LogP contribution in [0.25, 0.3) is 16.9 Å². The van der Waals surface area contributed by atoms with Crippen LogP contribution in [0.5, 0.6) is 11.5 Å². The van der Waals surface area contributed by atoms with E-state index in [2.05, 4.69) is 10.1 Å². The lowest BCUT2D eigenvalue weighted by atomic mass is 10.1. The number of nitriles is 1. The second-order valence-electron chi connectivity index (χ2n) is 4.52. The van der Waals surface area contributed by atoms with Crippen molar-refractivity contribution >= 4 is 5.65 Å². The Kier molecular flexibility index (Phi) is 2.26. The van der Waals surface area contributed by atoms with Gasteiger partial charge in [0.2, 0.25) is 6.79 Å². The lowest BCUT2D eigenvalue weighted by Gasteiger charge is -2.04. The van der Waals surface area contributed by atoms with Gasteiger partial charge in [0.05, 0.1) is 11.9 Å². The fourth-order valence-electron chi connectivity index (χ4n) is 2.29. The zero-order valence-electron chi connectivity index (χ0n) is 10.7. The number of nitrogens with one attached hydrogen (secondary N) is 1. The monoisotopic (exact) mass is 280 g/mol. The molecule has 0 radical (unpaired) electrons. The van der Waals surface area contributed by atoms with Crippen molar-refractivity contribution in [2.75, 3.05) is 6.79 Å². The molecule has 0 spiro atoms. The molecule has 0 saturated carbocycles. The van der Waals surface area contributed by atoms with Crippen molar-refractivity contribution in [1.82, 2.24) is 14.6 Å². The van der Waals surface area contributed by atoms with Gasteiger partial charge < -0.3 is 14.5 Å². The Morgan fingerprint density at radius 2 is 2.14 bits per heavy atom. The quantitative estimate of drug-likeness (QED) is 0.725. The fourth-order valence-corrected chi connectivity index (χ4v) is 2.29. The Morgan fingerprint density at radius 1 is 1.29 bits per heavy atom. The summed E-state index contributed by atoms with van der Waals surface area (Å²) in [4.78, 5) is 15.1. The normalized spacial score (nSPS) is 12.5. The van der Waals surface area contributed by atoms with Crippen LogP contribution in [0.1, 0.15) is 5.56 Å². The summed E-state index contributed by atoms with van der Waals surface area (Å²) >= 11 is 0. The lowest BCUT2D eigenvalue weighted by molar-refractivity contribution is 0.174. The molecule has 0 amide bonds. The van der Waals surface area contributed by atoms with Crippen LogP contribution in [-0.4, -0.2) is 21.4 Å². The Labute approximate surface area is 118 Å². The molecule has 0 fully saturated rings. The van der Waals surface area contributed by atoms with Crippen LogP contribution in [0.2, 0.25) is 0 Å². The summed E-state index contributed by atoms with van der Waals surface area (Å²) < 4.78 is 11.7. The van der Waals surface area contributed by atoms with E-state index in [9.17, 15) is 4.79 Å². The zero-order chi connectivity index (χ0) is 14.4. The molecule has 7 nitrogen and oxygen atoms in total. The molecule has 102 valence electrons. The SMILES string of the molecule is N#Cc1cnn2c(=O)cc(-c3ccc4c(c3)OCO4)[nH]c12. The van der Waals surface area contributed by atoms with Crippen molar-refractivity contribution in [3.05, 3.63) is 46.4 Å². The number of H-pyrrole nitrogens is 1. The van der Waals surface area contributed by atoms with Crippen LogP contribution in [0.3, 0.4) is 0 Å². The zero-order valence-corrected chi connectivity index (χ0v) is 10.7. The van der Waals surface area contributed by atoms with Gasteiger partial charge >= 0.3 is 0 Å². The van der Waals surface area contributed by atoms with Crippen molar-refractivity contribution in [2.45, 2.75) is 0 Å². The first-order valence-electron chi connectivity index (χ1n) is 6.17. The molecule has 1 aliphatic rings. The highest BCUT2D eigenvalue weighted by molar-refractivity contribution is 5.67. The minimum Gasteiger partial charge on any atom is -0.454 e. The third-order valence-electron chi connectivity index (χ3n) is 3.30. The van der Waals surface area contributed by atoms with Crippen LogP contribution in [0.15, 0.2) is 35.3 Å². The largest absolute Gasteiger partial charge is 0.454 e. The summed E-state index contributed by atoms with van der Waals surface area (Å²) in [6.07, 6.45) is 1.36. The fraction of sp³-hybridized carbons (Fsp3) is 0.0714. The molecule has 0 saturated heterocycles. The number of rotatable bonds is 1. The smallest absolute Gasteiger partial charge is 0.274 e. The van der Waals surface area contributed by atoms with E-state index in [1.54, 1.807) is 12.1 Å². The van der Waals surface area contributed by atoms with Gasteiger partial charge in [-0.1, -0.05) is 0 Å². The van der Waals surface area contributed by atoms with Crippen LogP contribution in [-0.2, 0) is 0 Å². The third-order valence-corrected chi connectivity index (χ3v) is 3.30. The molecule has 1 aromatic carbocycles. The summed E-state index contributed by atoms with van der Waals surface area (Å²) in [5.41, 5.74) is 1.73. The average molecular weight is 280 g/mol. The number of hydrogen-bond acceptors (Lipinski definition) is 5. The molecule has 2 aromatic heterocycles. The van der Waals surface area contributed by atoms with E-state index in [4.69, 9.17) is 14.7 Å². The van der Waals surface area contributed by atoms with Gasteiger partial charge in [-0.05, 0) is 18.2 Å². The Hall–Kier alpha value is -3.27. The standard InChI is InChI=1S/C14H8N4O3/c15-5-9-6-16-18-13(19)4-10(17-14(9)18)8-1-2-11-12(3-8)21-7-20-11/h1-4,6,17H,7H2. The molecule has 21 heavy (non-hydrogen) atoms. The van der Waals surface area contributed by atoms with E-state index in [0.717, 1.165) is 10.1 Å². The van der Waals surface area contributed by atoms with Gasteiger partial charge in [0.1, 0.15) is 11.6 Å². The maximum atomic E-state index is 12.1. The van der Waals surface area contributed by atoms with Crippen LogP contribution in [0.4, 0.5) is 0 Å². The summed E-state index contributed by atoms with van der Waals surface area (Å²) in [6.45, 7) is 0.190. The highest BCUT2D eigenvalue weighted by Crippen LogP contribution is 2.35.